The van der Waals surface area contributed by atoms with E-state index in [0.717, 1.165) is 19.6 Å². The minimum Gasteiger partial charge on any atom is -0.459 e. The highest BCUT2D eigenvalue weighted by atomic mass is 35.5. The summed E-state index contributed by atoms with van der Waals surface area (Å²) >= 11 is 11.8. The molecule has 26 heavy (non-hydrogen) atoms. The molecule has 8 heteroatoms. The first-order chi connectivity index (χ1) is 12.5. The van der Waals surface area contributed by atoms with Gasteiger partial charge in [0.05, 0.1) is 16.3 Å². The average Bonchev–Trinajstić information content (AvgIpc) is 3.18. The number of nitrogens with one attached hydrogen (secondary N) is 1. The van der Waals surface area contributed by atoms with Crippen molar-refractivity contribution in [1.29, 1.82) is 0 Å². The van der Waals surface area contributed by atoms with Crippen molar-refractivity contribution in [2.45, 2.75) is 0 Å². The second kappa shape index (κ2) is 8.58. The van der Waals surface area contributed by atoms with E-state index < -0.39 is 0 Å². The summed E-state index contributed by atoms with van der Waals surface area (Å²) in [5.74, 6) is 0.102. The van der Waals surface area contributed by atoms with Gasteiger partial charge in [-0.1, -0.05) is 23.2 Å². The van der Waals surface area contributed by atoms with Crippen LogP contribution in [0.1, 0.15) is 20.9 Å². The predicted octanol–water partition coefficient (Wildman–Crippen LogP) is 2.77. The minimum absolute atomic E-state index is 0.0810. The van der Waals surface area contributed by atoms with Crippen LogP contribution in [-0.2, 0) is 0 Å². The fourth-order valence-electron chi connectivity index (χ4n) is 2.80. The van der Waals surface area contributed by atoms with Crippen molar-refractivity contribution in [1.82, 2.24) is 15.1 Å². The third-order valence-corrected chi connectivity index (χ3v) is 5.03. The number of rotatable bonds is 5. The number of furan rings is 1. The number of piperazine rings is 1. The summed E-state index contributed by atoms with van der Waals surface area (Å²) in [4.78, 5) is 28.3. The van der Waals surface area contributed by atoms with Gasteiger partial charge in [0, 0.05) is 44.8 Å². The zero-order chi connectivity index (χ0) is 18.5. The average molecular weight is 396 g/mol. The lowest BCUT2D eigenvalue weighted by molar-refractivity contribution is 0.0607. The molecule has 138 valence electrons. The predicted molar refractivity (Wildman–Crippen MR) is 99.8 cm³/mol. The number of amides is 2. The Balaban J connectivity index is 1.40. The van der Waals surface area contributed by atoms with Crippen LogP contribution in [0.3, 0.4) is 0 Å². The Hall–Kier alpha value is -2.02. The quantitative estimate of drug-likeness (QED) is 0.844. The minimum atomic E-state index is -0.185. The lowest BCUT2D eigenvalue weighted by Gasteiger charge is -2.34. The monoisotopic (exact) mass is 395 g/mol. The molecule has 1 saturated heterocycles. The van der Waals surface area contributed by atoms with Crippen molar-refractivity contribution in [2.24, 2.45) is 0 Å². The molecule has 2 aromatic rings. The second-order valence-electron chi connectivity index (χ2n) is 6.00. The van der Waals surface area contributed by atoms with Crippen LogP contribution in [0.25, 0.3) is 0 Å². The summed E-state index contributed by atoms with van der Waals surface area (Å²) in [7, 11) is 0. The van der Waals surface area contributed by atoms with E-state index >= 15 is 0 Å². The summed E-state index contributed by atoms with van der Waals surface area (Å²) in [6.07, 6.45) is 1.50. The van der Waals surface area contributed by atoms with Crippen LogP contribution in [0.15, 0.2) is 41.0 Å². The summed E-state index contributed by atoms with van der Waals surface area (Å²) in [6.45, 7) is 4.03. The molecule has 1 aliphatic rings. The highest BCUT2D eigenvalue weighted by molar-refractivity contribution is 6.42. The largest absolute Gasteiger partial charge is 0.459 e. The molecule has 1 fully saturated rings. The molecular weight excluding hydrogens is 377 g/mol. The van der Waals surface area contributed by atoms with Crippen molar-refractivity contribution >= 4 is 35.0 Å². The Kier molecular flexibility index (Phi) is 6.19. The van der Waals surface area contributed by atoms with Gasteiger partial charge in [-0.3, -0.25) is 14.5 Å². The van der Waals surface area contributed by atoms with Crippen LogP contribution in [-0.4, -0.2) is 60.9 Å². The van der Waals surface area contributed by atoms with Crippen LogP contribution < -0.4 is 5.32 Å². The number of carbonyl (C=O) groups is 2. The molecule has 1 aromatic carbocycles. The van der Waals surface area contributed by atoms with Gasteiger partial charge in [0.15, 0.2) is 5.76 Å². The van der Waals surface area contributed by atoms with Crippen LogP contribution >= 0.6 is 23.2 Å². The van der Waals surface area contributed by atoms with E-state index in [1.54, 1.807) is 35.2 Å². The molecule has 0 atom stereocenters. The zero-order valence-corrected chi connectivity index (χ0v) is 15.6. The van der Waals surface area contributed by atoms with Gasteiger partial charge in [0.2, 0.25) is 0 Å². The van der Waals surface area contributed by atoms with Gasteiger partial charge in [-0.05, 0) is 30.3 Å². The highest BCUT2D eigenvalue weighted by Gasteiger charge is 2.23. The van der Waals surface area contributed by atoms with Gasteiger partial charge in [0.1, 0.15) is 0 Å². The van der Waals surface area contributed by atoms with Gasteiger partial charge < -0.3 is 14.6 Å². The first-order valence-corrected chi connectivity index (χ1v) is 9.08. The number of carbonyl (C=O) groups excluding carboxylic acids is 2. The standard InChI is InChI=1S/C18H19Cl2N3O3/c19-14-4-3-13(12-15(14)20)17(24)21-5-6-22-7-9-23(10-8-22)18(25)16-2-1-11-26-16/h1-4,11-12H,5-10H2,(H,21,24). The zero-order valence-electron chi connectivity index (χ0n) is 14.1. The molecule has 0 aliphatic carbocycles. The van der Waals surface area contributed by atoms with Gasteiger partial charge in [-0.25, -0.2) is 0 Å². The first kappa shape index (κ1) is 18.8. The Morgan fingerprint density at radius 1 is 1.08 bits per heavy atom. The van der Waals surface area contributed by atoms with Crippen molar-refractivity contribution in [2.75, 3.05) is 39.3 Å². The molecule has 3 rings (SSSR count). The topological polar surface area (TPSA) is 65.8 Å². The maximum atomic E-state index is 12.2. The SMILES string of the molecule is O=C(NCCN1CCN(C(=O)c2ccco2)CC1)c1ccc(Cl)c(Cl)c1. The fraction of sp³-hybridized carbons (Fsp3) is 0.333. The lowest BCUT2D eigenvalue weighted by atomic mass is 10.2. The summed E-state index contributed by atoms with van der Waals surface area (Å²) in [5, 5.41) is 3.65. The summed E-state index contributed by atoms with van der Waals surface area (Å²) in [6, 6.07) is 8.18. The molecule has 2 amide bonds. The molecule has 1 N–H and O–H groups in total. The molecular formula is C18H19Cl2N3O3. The Morgan fingerprint density at radius 2 is 1.85 bits per heavy atom. The second-order valence-corrected chi connectivity index (χ2v) is 6.81. The molecule has 6 nitrogen and oxygen atoms in total. The summed E-state index contributed by atoms with van der Waals surface area (Å²) in [5.41, 5.74) is 0.480. The van der Waals surface area contributed by atoms with E-state index in [1.807, 2.05) is 0 Å². The van der Waals surface area contributed by atoms with Crippen molar-refractivity contribution in [3.05, 3.63) is 58.0 Å². The lowest BCUT2D eigenvalue weighted by Crippen LogP contribution is -2.50. The van der Waals surface area contributed by atoms with E-state index in [4.69, 9.17) is 27.6 Å². The van der Waals surface area contributed by atoms with Crippen LogP contribution in [0.4, 0.5) is 0 Å². The summed E-state index contributed by atoms with van der Waals surface area (Å²) < 4.78 is 5.15. The third-order valence-electron chi connectivity index (χ3n) is 4.29. The van der Waals surface area contributed by atoms with Gasteiger partial charge >= 0.3 is 0 Å². The molecule has 0 bridgehead atoms. The normalized spacial score (nSPS) is 15.1. The Bertz CT molecular complexity index is 772. The molecule has 0 saturated carbocycles. The van der Waals surface area contributed by atoms with Crippen LogP contribution in [0.5, 0.6) is 0 Å². The molecule has 0 unspecified atom stereocenters. The maximum absolute atomic E-state index is 12.2. The molecule has 0 spiro atoms. The van der Waals surface area contributed by atoms with Crippen LogP contribution in [0, 0.1) is 0 Å². The van der Waals surface area contributed by atoms with Crippen LogP contribution in [0.2, 0.25) is 10.0 Å². The smallest absolute Gasteiger partial charge is 0.289 e. The van der Waals surface area contributed by atoms with Crippen molar-refractivity contribution < 1.29 is 14.0 Å². The molecule has 2 heterocycles. The van der Waals surface area contributed by atoms with Gasteiger partial charge in [-0.15, -0.1) is 0 Å². The van der Waals surface area contributed by atoms with E-state index in [2.05, 4.69) is 10.2 Å². The highest BCUT2D eigenvalue weighted by Crippen LogP contribution is 2.22. The van der Waals surface area contributed by atoms with E-state index in [-0.39, 0.29) is 11.8 Å². The van der Waals surface area contributed by atoms with Crippen molar-refractivity contribution in [3.63, 3.8) is 0 Å². The maximum Gasteiger partial charge on any atom is 0.289 e. The molecule has 1 aliphatic heterocycles. The first-order valence-electron chi connectivity index (χ1n) is 8.33. The van der Waals surface area contributed by atoms with Gasteiger partial charge in [0.25, 0.3) is 11.8 Å². The number of halogens is 2. The number of nitrogens with zero attached hydrogens (tertiary/aromatic N) is 2. The molecule has 0 radical (unpaired) electrons. The number of hydrogen-bond donors (Lipinski definition) is 1. The van der Waals surface area contributed by atoms with E-state index in [9.17, 15) is 9.59 Å². The molecule has 1 aromatic heterocycles. The van der Waals surface area contributed by atoms with E-state index in [1.165, 1.54) is 6.26 Å². The number of hydrogen-bond acceptors (Lipinski definition) is 4. The Morgan fingerprint density at radius 3 is 2.50 bits per heavy atom. The van der Waals surface area contributed by atoms with Gasteiger partial charge in [-0.2, -0.15) is 0 Å². The van der Waals surface area contributed by atoms with Crippen molar-refractivity contribution in [3.8, 4) is 0 Å². The number of benzene rings is 1. The third kappa shape index (κ3) is 4.58. The Labute approximate surface area is 161 Å². The fourth-order valence-corrected chi connectivity index (χ4v) is 3.10. The van der Waals surface area contributed by atoms with E-state index in [0.29, 0.717) is 41.0 Å².